The number of rotatable bonds is 43. The summed E-state index contributed by atoms with van der Waals surface area (Å²) in [6.07, 6.45) is 44.5. The Bertz CT molecular complexity index is 850. The Morgan fingerprint density at radius 2 is 0.727 bits per heavy atom. The number of aliphatic hydroxyl groups excluding tert-OH is 1. The third-order valence-electron chi connectivity index (χ3n) is 11.3. The highest BCUT2D eigenvalue weighted by atomic mass is 16.6. The molecule has 0 unspecified atom stereocenters. The second-order valence-corrected chi connectivity index (χ2v) is 16.8. The van der Waals surface area contributed by atoms with Crippen LogP contribution in [0.15, 0.2) is 0 Å². The van der Waals surface area contributed by atoms with Crippen LogP contribution in [0.5, 0.6) is 0 Å². The Kier molecular flexibility index (Phi) is 40.7. The van der Waals surface area contributed by atoms with Crippen LogP contribution in [0.1, 0.15) is 265 Å². The lowest BCUT2D eigenvalue weighted by molar-refractivity contribution is -0.170. The van der Waals surface area contributed by atoms with Gasteiger partial charge in [0.05, 0.1) is 12.6 Å². The molecule has 0 radical (unpaired) electrons. The van der Waals surface area contributed by atoms with Gasteiger partial charge in [0.2, 0.25) is 5.91 Å². The van der Waals surface area contributed by atoms with Crippen molar-refractivity contribution < 1.29 is 29.0 Å². The van der Waals surface area contributed by atoms with E-state index < -0.39 is 36.8 Å². The van der Waals surface area contributed by atoms with Crippen molar-refractivity contribution in [3.63, 3.8) is 0 Å². The average Bonchev–Trinajstić information content (AvgIpc) is 3.16. The van der Waals surface area contributed by atoms with Crippen LogP contribution in [0.4, 0.5) is 0 Å². The van der Waals surface area contributed by atoms with Crippen LogP contribution in [0, 0.1) is 0 Å². The summed E-state index contributed by atoms with van der Waals surface area (Å²) in [5.74, 6) is -1.17. The van der Waals surface area contributed by atoms with E-state index in [1.165, 1.54) is 200 Å². The molecule has 0 aliphatic carbocycles. The maximum absolute atomic E-state index is 12.9. The first-order valence-electron chi connectivity index (χ1n) is 24.1. The van der Waals surface area contributed by atoms with Crippen LogP contribution in [0.3, 0.4) is 0 Å². The summed E-state index contributed by atoms with van der Waals surface area (Å²) in [5.41, 5.74) is 0. The first-order chi connectivity index (χ1) is 26.8. The number of unbranched alkanes of at least 4 members (excludes halogenated alkanes) is 33. The summed E-state index contributed by atoms with van der Waals surface area (Å²) in [7, 11) is 0. The van der Waals surface area contributed by atoms with Crippen LogP contribution < -0.4 is 5.32 Å². The molecule has 0 heterocycles. The fourth-order valence-electron chi connectivity index (χ4n) is 7.88. The monoisotopic (exact) mass is 780 g/mol. The number of amides is 1. The Hall–Kier alpha value is -1.63. The van der Waals surface area contributed by atoms with Crippen molar-refractivity contribution in [3.8, 4) is 0 Å². The zero-order chi connectivity index (χ0) is 40.5. The second kappa shape index (κ2) is 42.0. The molecule has 7 nitrogen and oxygen atoms in total. The van der Waals surface area contributed by atoms with E-state index in [2.05, 4.69) is 19.2 Å². The summed E-state index contributed by atoms with van der Waals surface area (Å²) in [6, 6.07) is -0.831. The molecule has 0 saturated heterocycles. The van der Waals surface area contributed by atoms with E-state index in [1.807, 2.05) is 0 Å². The summed E-state index contributed by atoms with van der Waals surface area (Å²) in [5, 5.41) is 13.1. The third kappa shape index (κ3) is 37.7. The van der Waals surface area contributed by atoms with Gasteiger partial charge in [-0.3, -0.25) is 14.4 Å². The molecule has 0 aromatic carbocycles. The molecule has 0 aromatic heterocycles. The average molecular weight is 780 g/mol. The Balaban J connectivity index is 4.09. The molecule has 55 heavy (non-hydrogen) atoms. The van der Waals surface area contributed by atoms with Gasteiger partial charge in [0.25, 0.3) is 0 Å². The number of hydrogen-bond acceptors (Lipinski definition) is 6. The molecule has 7 heteroatoms. The number of hydrogen-bond donors (Lipinski definition) is 2. The topological polar surface area (TPSA) is 102 Å². The lowest BCUT2D eigenvalue weighted by Crippen LogP contribution is -2.53. The smallest absolute Gasteiger partial charge is 0.303 e. The Labute approximate surface area is 341 Å². The summed E-state index contributed by atoms with van der Waals surface area (Å²) in [6.45, 7) is 6.78. The van der Waals surface area contributed by atoms with E-state index in [1.54, 1.807) is 0 Å². The van der Waals surface area contributed by atoms with E-state index in [9.17, 15) is 19.5 Å². The normalized spacial score (nSPS) is 13.0. The van der Waals surface area contributed by atoms with Crippen molar-refractivity contribution in [2.24, 2.45) is 0 Å². The molecule has 326 valence electrons. The highest BCUT2D eigenvalue weighted by Gasteiger charge is 2.35. The molecule has 0 aliphatic heterocycles. The molecule has 0 bridgehead atoms. The highest BCUT2D eigenvalue weighted by molar-refractivity contribution is 5.76. The predicted molar refractivity (Wildman–Crippen MR) is 232 cm³/mol. The van der Waals surface area contributed by atoms with Crippen molar-refractivity contribution in [2.45, 2.75) is 284 Å². The molecule has 0 spiro atoms. The lowest BCUT2D eigenvalue weighted by atomic mass is 9.98. The minimum absolute atomic E-state index is 0.174. The first kappa shape index (κ1) is 53.4. The summed E-state index contributed by atoms with van der Waals surface area (Å²) in [4.78, 5) is 36.9. The number of carbonyl (C=O) groups is 3. The maximum Gasteiger partial charge on any atom is 0.303 e. The van der Waals surface area contributed by atoms with Gasteiger partial charge in [-0.05, 0) is 19.3 Å². The van der Waals surface area contributed by atoms with Crippen molar-refractivity contribution in [1.29, 1.82) is 0 Å². The molecular formula is C48H93NO6. The maximum atomic E-state index is 12.9. The largest absolute Gasteiger partial charge is 0.459 e. The zero-order valence-corrected chi connectivity index (χ0v) is 37.1. The number of carbonyl (C=O) groups excluding carboxylic acids is 3. The standard InChI is InChI=1S/C48H93NO6/c1-5-7-9-11-13-15-17-19-20-21-22-23-24-25-26-27-28-29-31-33-35-37-39-41-47(53)49-45(42-50)48(55-44(4)52)46(54-43(3)51)40-38-36-34-32-30-18-16-14-12-10-8-6-2/h45-46,48,50H,5-42H2,1-4H3,(H,49,53)/t45-,46+,48-/m0/s1. The van der Waals surface area contributed by atoms with Gasteiger partial charge >= 0.3 is 11.9 Å². The fourth-order valence-corrected chi connectivity index (χ4v) is 7.88. The van der Waals surface area contributed by atoms with Crippen LogP contribution >= 0.6 is 0 Å². The molecule has 0 fully saturated rings. The van der Waals surface area contributed by atoms with E-state index >= 15 is 0 Å². The van der Waals surface area contributed by atoms with Gasteiger partial charge < -0.3 is 19.9 Å². The van der Waals surface area contributed by atoms with Crippen molar-refractivity contribution in [2.75, 3.05) is 6.61 Å². The minimum Gasteiger partial charge on any atom is -0.459 e. The zero-order valence-electron chi connectivity index (χ0n) is 37.1. The molecule has 0 saturated carbocycles. The van der Waals surface area contributed by atoms with Crippen LogP contribution in [-0.2, 0) is 23.9 Å². The third-order valence-corrected chi connectivity index (χ3v) is 11.3. The van der Waals surface area contributed by atoms with Gasteiger partial charge in [-0.1, -0.05) is 226 Å². The summed E-state index contributed by atoms with van der Waals surface area (Å²) >= 11 is 0. The molecular weight excluding hydrogens is 687 g/mol. The Morgan fingerprint density at radius 1 is 0.436 bits per heavy atom. The van der Waals surface area contributed by atoms with Gasteiger partial charge in [-0.25, -0.2) is 0 Å². The van der Waals surface area contributed by atoms with Crippen molar-refractivity contribution >= 4 is 17.8 Å². The second-order valence-electron chi connectivity index (χ2n) is 16.8. The molecule has 0 aliphatic rings. The number of aliphatic hydroxyl groups is 1. The van der Waals surface area contributed by atoms with Gasteiger partial charge in [0.1, 0.15) is 6.10 Å². The van der Waals surface area contributed by atoms with Crippen LogP contribution in [0.25, 0.3) is 0 Å². The summed E-state index contributed by atoms with van der Waals surface area (Å²) < 4.78 is 11.2. The molecule has 0 rings (SSSR count). The lowest BCUT2D eigenvalue weighted by Gasteiger charge is -2.32. The van der Waals surface area contributed by atoms with E-state index in [-0.39, 0.29) is 5.91 Å². The quantitative estimate of drug-likeness (QED) is 0.0472. The fraction of sp³-hybridized carbons (Fsp3) is 0.938. The molecule has 2 N–H and O–H groups in total. The van der Waals surface area contributed by atoms with E-state index in [4.69, 9.17) is 9.47 Å². The minimum atomic E-state index is -0.933. The van der Waals surface area contributed by atoms with Gasteiger partial charge in [0, 0.05) is 20.3 Å². The van der Waals surface area contributed by atoms with Crippen molar-refractivity contribution in [1.82, 2.24) is 5.32 Å². The van der Waals surface area contributed by atoms with Gasteiger partial charge in [0.15, 0.2) is 6.10 Å². The van der Waals surface area contributed by atoms with Crippen LogP contribution in [0.2, 0.25) is 0 Å². The van der Waals surface area contributed by atoms with E-state index in [0.717, 1.165) is 38.5 Å². The van der Waals surface area contributed by atoms with Gasteiger partial charge in [-0.15, -0.1) is 0 Å². The Morgan fingerprint density at radius 3 is 1.02 bits per heavy atom. The molecule has 1 amide bonds. The van der Waals surface area contributed by atoms with Crippen LogP contribution in [-0.4, -0.2) is 47.8 Å². The number of esters is 2. The highest BCUT2D eigenvalue weighted by Crippen LogP contribution is 2.20. The number of ether oxygens (including phenoxy) is 2. The van der Waals surface area contributed by atoms with E-state index in [0.29, 0.717) is 12.8 Å². The van der Waals surface area contributed by atoms with Crippen molar-refractivity contribution in [3.05, 3.63) is 0 Å². The SMILES string of the molecule is CCCCCCCCCCCCCCCCCCCCCCCCCC(=O)N[C@@H](CO)[C@H](OC(C)=O)[C@@H](CCCCCCCCCCCCCC)OC(C)=O. The first-order valence-corrected chi connectivity index (χ1v) is 24.1. The molecule has 3 atom stereocenters. The molecule has 0 aromatic rings. The van der Waals surface area contributed by atoms with Gasteiger partial charge in [-0.2, -0.15) is 0 Å². The number of nitrogens with one attached hydrogen (secondary N) is 1. The predicted octanol–water partition coefficient (Wildman–Crippen LogP) is 13.8.